The molecule has 0 aromatic carbocycles. The molecule has 1 N–H and O–H groups in total. The number of rotatable bonds is 10. The van der Waals surface area contributed by atoms with Gasteiger partial charge < -0.3 is 10.1 Å². The van der Waals surface area contributed by atoms with E-state index in [0.717, 1.165) is 47.8 Å². The highest BCUT2D eigenvalue weighted by atomic mass is 32.1. The van der Waals surface area contributed by atoms with Crippen molar-refractivity contribution >= 4 is 28.5 Å². The third kappa shape index (κ3) is 5.97. The number of carbonyl (C=O) groups excluding carboxylic acids is 1. The first kappa shape index (κ1) is 20.2. The van der Waals surface area contributed by atoms with Crippen LogP contribution in [0.3, 0.4) is 0 Å². The van der Waals surface area contributed by atoms with Crippen LogP contribution in [0, 0.1) is 17.2 Å². The van der Waals surface area contributed by atoms with Gasteiger partial charge in [0.2, 0.25) is 0 Å². The molecule has 1 aromatic heterocycles. The second kappa shape index (κ2) is 10.8. The topological polar surface area (TPSA) is 75.0 Å². The molecule has 1 heterocycles. The Morgan fingerprint density at radius 3 is 2.75 bits per heavy atom. The standard InChI is InChI=1S/C18H27N3O2S/c1-5-8-9-13(6-2)12-23-17(22)14(11-19)10-16-15(7-3)21-18(20-4)24-16/h10,13H,5-9,12H2,1-4H3,(H,20,21)/b14-10+. The van der Waals surface area contributed by atoms with Gasteiger partial charge >= 0.3 is 5.97 Å². The number of esters is 1. The lowest BCUT2D eigenvalue weighted by Gasteiger charge is -2.14. The minimum Gasteiger partial charge on any atom is -0.461 e. The van der Waals surface area contributed by atoms with Crippen molar-refractivity contribution in [3.8, 4) is 6.07 Å². The third-order valence-corrected chi connectivity index (χ3v) is 4.95. The van der Waals surface area contributed by atoms with Crippen LogP contribution in [0.4, 0.5) is 5.13 Å². The van der Waals surface area contributed by atoms with Crippen LogP contribution in [0.1, 0.15) is 57.0 Å². The summed E-state index contributed by atoms with van der Waals surface area (Å²) >= 11 is 1.43. The minimum atomic E-state index is -0.547. The molecular formula is C18H27N3O2S. The Kier molecular flexibility index (Phi) is 9.10. The molecule has 1 atom stereocenters. The molecule has 6 heteroatoms. The number of anilines is 1. The number of thiazole rings is 1. The first-order valence-corrected chi connectivity index (χ1v) is 9.37. The first-order chi connectivity index (χ1) is 11.6. The highest BCUT2D eigenvalue weighted by Gasteiger charge is 2.16. The Morgan fingerprint density at radius 1 is 1.46 bits per heavy atom. The maximum Gasteiger partial charge on any atom is 0.348 e. The first-order valence-electron chi connectivity index (χ1n) is 8.55. The van der Waals surface area contributed by atoms with Crippen molar-refractivity contribution in [1.82, 2.24) is 4.98 Å². The lowest BCUT2D eigenvalue weighted by Crippen LogP contribution is -2.15. The molecule has 0 spiro atoms. The van der Waals surface area contributed by atoms with Gasteiger partial charge in [0.1, 0.15) is 11.6 Å². The molecule has 5 nitrogen and oxygen atoms in total. The van der Waals surface area contributed by atoms with E-state index in [4.69, 9.17) is 4.74 Å². The van der Waals surface area contributed by atoms with Gasteiger partial charge in [0.25, 0.3) is 0 Å². The number of aromatic nitrogens is 1. The molecule has 0 fully saturated rings. The Labute approximate surface area is 148 Å². The van der Waals surface area contributed by atoms with E-state index in [1.165, 1.54) is 11.3 Å². The lowest BCUT2D eigenvalue weighted by atomic mass is 10.0. The molecule has 1 aromatic rings. The molecule has 0 saturated carbocycles. The summed E-state index contributed by atoms with van der Waals surface area (Å²) < 4.78 is 5.36. The fourth-order valence-corrected chi connectivity index (χ4v) is 3.22. The van der Waals surface area contributed by atoms with E-state index in [0.29, 0.717) is 12.5 Å². The summed E-state index contributed by atoms with van der Waals surface area (Å²) in [6.45, 7) is 6.61. The number of carbonyl (C=O) groups is 1. The number of nitriles is 1. The average Bonchev–Trinajstić information content (AvgIpc) is 3.01. The minimum absolute atomic E-state index is 0.0290. The molecule has 1 unspecified atom stereocenters. The van der Waals surface area contributed by atoms with E-state index in [9.17, 15) is 10.1 Å². The van der Waals surface area contributed by atoms with E-state index in [1.54, 1.807) is 13.1 Å². The van der Waals surface area contributed by atoms with Gasteiger partial charge in [-0.25, -0.2) is 9.78 Å². The number of unbranched alkanes of at least 4 members (excludes halogenated alkanes) is 1. The predicted molar refractivity (Wildman–Crippen MR) is 98.9 cm³/mol. The van der Waals surface area contributed by atoms with Gasteiger partial charge in [0, 0.05) is 7.05 Å². The van der Waals surface area contributed by atoms with Crippen molar-refractivity contribution in [2.75, 3.05) is 19.0 Å². The summed E-state index contributed by atoms with van der Waals surface area (Å²) in [6, 6.07) is 1.96. The van der Waals surface area contributed by atoms with E-state index >= 15 is 0 Å². The molecule has 1 rings (SSSR count). The quantitative estimate of drug-likeness (QED) is 0.384. The van der Waals surface area contributed by atoms with E-state index in [-0.39, 0.29) is 5.57 Å². The number of aryl methyl sites for hydroxylation is 1. The van der Waals surface area contributed by atoms with Crippen molar-refractivity contribution in [3.05, 3.63) is 16.1 Å². The number of hydrogen-bond acceptors (Lipinski definition) is 6. The summed E-state index contributed by atoms with van der Waals surface area (Å²) in [5, 5.41) is 13.1. The van der Waals surface area contributed by atoms with Crippen LogP contribution in [0.15, 0.2) is 5.57 Å². The highest BCUT2D eigenvalue weighted by Crippen LogP contribution is 2.26. The molecule has 0 radical (unpaired) electrons. The van der Waals surface area contributed by atoms with Crippen molar-refractivity contribution in [3.63, 3.8) is 0 Å². The van der Waals surface area contributed by atoms with Crippen LogP contribution < -0.4 is 5.32 Å². The summed E-state index contributed by atoms with van der Waals surface area (Å²) in [7, 11) is 1.80. The van der Waals surface area contributed by atoms with Crippen molar-refractivity contribution < 1.29 is 9.53 Å². The summed E-state index contributed by atoms with van der Waals surface area (Å²) in [5.74, 6) is -0.187. The zero-order valence-corrected chi connectivity index (χ0v) is 15.8. The molecule has 0 aliphatic heterocycles. The maximum absolute atomic E-state index is 12.2. The zero-order valence-electron chi connectivity index (χ0n) is 15.0. The normalized spacial score (nSPS) is 12.5. The fraction of sp³-hybridized carbons (Fsp3) is 0.611. The van der Waals surface area contributed by atoms with Crippen LogP contribution in [0.25, 0.3) is 6.08 Å². The number of hydrogen-bond donors (Lipinski definition) is 1. The van der Waals surface area contributed by atoms with Gasteiger partial charge in [-0.3, -0.25) is 0 Å². The van der Waals surface area contributed by atoms with Gasteiger partial charge in [-0.2, -0.15) is 5.26 Å². The third-order valence-electron chi connectivity index (χ3n) is 3.89. The van der Waals surface area contributed by atoms with E-state index in [1.807, 2.05) is 13.0 Å². The molecule has 0 aliphatic carbocycles. The second-order valence-corrected chi connectivity index (χ2v) is 6.65. The molecule has 0 saturated heterocycles. The van der Waals surface area contributed by atoms with Gasteiger partial charge in [-0.15, -0.1) is 0 Å². The largest absolute Gasteiger partial charge is 0.461 e. The Bertz CT molecular complexity index is 602. The number of nitrogens with one attached hydrogen (secondary N) is 1. The average molecular weight is 350 g/mol. The smallest absolute Gasteiger partial charge is 0.348 e. The van der Waals surface area contributed by atoms with Gasteiger partial charge in [0.15, 0.2) is 5.13 Å². The van der Waals surface area contributed by atoms with E-state index in [2.05, 4.69) is 24.1 Å². The zero-order chi connectivity index (χ0) is 17.9. The Balaban J connectivity index is 2.79. The van der Waals surface area contributed by atoms with Gasteiger partial charge in [0.05, 0.1) is 17.2 Å². The van der Waals surface area contributed by atoms with Gasteiger partial charge in [-0.1, -0.05) is 51.4 Å². The van der Waals surface area contributed by atoms with Crippen LogP contribution in [0.2, 0.25) is 0 Å². The molecule has 0 aliphatic rings. The molecule has 0 amide bonds. The molecule has 24 heavy (non-hydrogen) atoms. The highest BCUT2D eigenvalue weighted by molar-refractivity contribution is 7.16. The van der Waals surface area contributed by atoms with Crippen LogP contribution in [-0.4, -0.2) is 24.6 Å². The van der Waals surface area contributed by atoms with Crippen LogP contribution >= 0.6 is 11.3 Å². The van der Waals surface area contributed by atoms with E-state index < -0.39 is 5.97 Å². The number of nitrogens with zero attached hydrogens (tertiary/aromatic N) is 2. The van der Waals surface area contributed by atoms with Crippen molar-refractivity contribution in [1.29, 1.82) is 5.26 Å². The maximum atomic E-state index is 12.2. The Morgan fingerprint density at radius 2 is 2.21 bits per heavy atom. The second-order valence-electron chi connectivity index (χ2n) is 5.62. The fourth-order valence-electron chi connectivity index (χ4n) is 2.27. The summed E-state index contributed by atoms with van der Waals surface area (Å²) in [6.07, 6.45) is 6.61. The summed E-state index contributed by atoms with van der Waals surface area (Å²) in [5.41, 5.74) is 0.903. The summed E-state index contributed by atoms with van der Waals surface area (Å²) in [4.78, 5) is 17.4. The Hall–Kier alpha value is -1.87. The lowest BCUT2D eigenvalue weighted by molar-refractivity contribution is -0.139. The molecule has 0 bridgehead atoms. The molecule has 132 valence electrons. The molecular weight excluding hydrogens is 322 g/mol. The van der Waals surface area contributed by atoms with Crippen LogP contribution in [0.5, 0.6) is 0 Å². The predicted octanol–water partition coefficient (Wildman–Crippen LogP) is 4.41. The monoisotopic (exact) mass is 349 g/mol. The SMILES string of the molecule is CCCCC(CC)COC(=O)/C(C#N)=C/c1sc(NC)nc1CC. The van der Waals surface area contributed by atoms with Crippen LogP contribution in [-0.2, 0) is 16.0 Å². The van der Waals surface area contributed by atoms with Crippen molar-refractivity contribution in [2.45, 2.75) is 52.9 Å². The van der Waals surface area contributed by atoms with Gasteiger partial charge in [-0.05, 0) is 24.8 Å². The van der Waals surface area contributed by atoms with Crippen molar-refractivity contribution in [2.24, 2.45) is 5.92 Å². The number of ether oxygens (including phenoxy) is 1.